The lowest BCUT2D eigenvalue weighted by Gasteiger charge is -2.21. The summed E-state index contributed by atoms with van der Waals surface area (Å²) in [6, 6.07) is 12.4. The van der Waals surface area contributed by atoms with Gasteiger partial charge in [-0.15, -0.1) is 0 Å². The molecule has 3 heteroatoms. The molecule has 0 atom stereocenters. The Morgan fingerprint density at radius 3 is 2.75 bits per heavy atom. The van der Waals surface area contributed by atoms with Crippen LogP contribution in [-0.2, 0) is 6.42 Å². The van der Waals surface area contributed by atoms with Crippen molar-refractivity contribution in [1.29, 1.82) is 0 Å². The summed E-state index contributed by atoms with van der Waals surface area (Å²) in [5.41, 5.74) is 7.15. The maximum absolute atomic E-state index is 4.01. The summed E-state index contributed by atoms with van der Waals surface area (Å²) in [6.45, 7) is 1.02. The molecule has 0 saturated heterocycles. The second-order valence-corrected chi connectivity index (χ2v) is 3.88. The average Bonchev–Trinajstić information content (AvgIpc) is 2.74. The second-order valence-electron chi connectivity index (χ2n) is 3.88. The number of aromatic nitrogens is 1. The van der Waals surface area contributed by atoms with Gasteiger partial charge in [0.2, 0.25) is 0 Å². The normalized spacial score (nSPS) is 13.6. The zero-order valence-electron chi connectivity index (χ0n) is 8.93. The minimum absolute atomic E-state index is 1.02. The summed E-state index contributed by atoms with van der Waals surface area (Å²) in [7, 11) is 0. The van der Waals surface area contributed by atoms with E-state index in [2.05, 4.69) is 39.7 Å². The Morgan fingerprint density at radius 2 is 1.88 bits per heavy atom. The van der Waals surface area contributed by atoms with Crippen LogP contribution in [0.5, 0.6) is 0 Å². The van der Waals surface area contributed by atoms with Crippen molar-refractivity contribution in [2.45, 2.75) is 6.42 Å². The van der Waals surface area contributed by atoms with Gasteiger partial charge in [-0.2, -0.15) is 0 Å². The largest absolute Gasteiger partial charge is 0.298 e. The van der Waals surface area contributed by atoms with E-state index in [9.17, 15) is 0 Å². The first-order chi connectivity index (χ1) is 7.93. The standard InChI is InChI=1S/C13H13N3/c1-2-4-13-11(3-1)7-10-16(13)15-12-5-8-14-9-6-12/h1-6,8-9H,7,10H2,(H,14,15). The molecule has 0 unspecified atom stereocenters. The van der Waals surface area contributed by atoms with Gasteiger partial charge in [-0.1, -0.05) is 18.2 Å². The number of hydrazine groups is 1. The van der Waals surface area contributed by atoms with Crippen LogP contribution >= 0.6 is 0 Å². The van der Waals surface area contributed by atoms with Gasteiger partial charge in [0.15, 0.2) is 0 Å². The highest BCUT2D eigenvalue weighted by Gasteiger charge is 2.17. The molecule has 3 nitrogen and oxygen atoms in total. The fraction of sp³-hybridized carbons (Fsp3) is 0.154. The molecule has 1 aliphatic heterocycles. The van der Waals surface area contributed by atoms with Crippen LogP contribution < -0.4 is 10.4 Å². The molecule has 1 N–H and O–H groups in total. The van der Waals surface area contributed by atoms with E-state index in [0.717, 1.165) is 18.7 Å². The van der Waals surface area contributed by atoms with Crippen molar-refractivity contribution in [2.75, 3.05) is 17.0 Å². The second kappa shape index (κ2) is 3.85. The molecule has 2 heterocycles. The van der Waals surface area contributed by atoms with Crippen LogP contribution in [0.2, 0.25) is 0 Å². The third kappa shape index (κ3) is 1.60. The summed E-state index contributed by atoms with van der Waals surface area (Å²) < 4.78 is 0. The van der Waals surface area contributed by atoms with Gasteiger partial charge in [-0.3, -0.25) is 15.4 Å². The van der Waals surface area contributed by atoms with E-state index in [-0.39, 0.29) is 0 Å². The van der Waals surface area contributed by atoms with Crippen molar-refractivity contribution in [2.24, 2.45) is 0 Å². The molecule has 0 saturated carbocycles. The Hall–Kier alpha value is -2.03. The van der Waals surface area contributed by atoms with E-state index in [0.29, 0.717) is 0 Å². The number of anilines is 2. The molecule has 3 rings (SSSR count). The van der Waals surface area contributed by atoms with Crippen LogP contribution in [0.25, 0.3) is 0 Å². The fourth-order valence-corrected chi connectivity index (χ4v) is 2.04. The van der Waals surface area contributed by atoms with Gasteiger partial charge in [0.05, 0.1) is 11.4 Å². The Bertz CT molecular complexity index is 482. The Balaban J connectivity index is 1.84. The first kappa shape index (κ1) is 9.21. The van der Waals surface area contributed by atoms with Gasteiger partial charge in [-0.25, -0.2) is 0 Å². The smallest absolute Gasteiger partial charge is 0.0604 e. The van der Waals surface area contributed by atoms with Gasteiger partial charge in [0, 0.05) is 18.9 Å². The number of nitrogens with one attached hydrogen (secondary N) is 1. The van der Waals surface area contributed by atoms with Crippen LogP contribution in [-0.4, -0.2) is 11.5 Å². The number of nitrogens with zero attached hydrogens (tertiary/aromatic N) is 2. The molecule has 0 bridgehead atoms. The summed E-state index contributed by atoms with van der Waals surface area (Å²) in [4.78, 5) is 4.01. The highest BCUT2D eigenvalue weighted by atomic mass is 15.5. The van der Waals surface area contributed by atoms with Crippen molar-refractivity contribution in [3.63, 3.8) is 0 Å². The minimum atomic E-state index is 1.02. The lowest BCUT2D eigenvalue weighted by Crippen LogP contribution is -2.27. The molecule has 2 aromatic rings. The van der Waals surface area contributed by atoms with Crippen LogP contribution in [0.15, 0.2) is 48.8 Å². The molecule has 1 aromatic carbocycles. The Morgan fingerprint density at radius 1 is 1.06 bits per heavy atom. The number of para-hydroxylation sites is 1. The molecule has 80 valence electrons. The van der Waals surface area contributed by atoms with Crippen molar-refractivity contribution >= 4 is 11.4 Å². The van der Waals surface area contributed by atoms with E-state index in [1.54, 1.807) is 12.4 Å². The zero-order valence-corrected chi connectivity index (χ0v) is 8.93. The van der Waals surface area contributed by atoms with E-state index in [1.165, 1.54) is 11.3 Å². The van der Waals surface area contributed by atoms with Crippen molar-refractivity contribution in [1.82, 2.24) is 4.98 Å². The van der Waals surface area contributed by atoms with Crippen LogP contribution in [0.1, 0.15) is 5.56 Å². The number of hydrogen-bond acceptors (Lipinski definition) is 3. The SMILES string of the molecule is c1ccc2c(c1)CCN2Nc1ccncc1. The van der Waals surface area contributed by atoms with E-state index in [1.807, 2.05) is 12.1 Å². The van der Waals surface area contributed by atoms with Gasteiger partial charge in [-0.05, 0) is 30.2 Å². The predicted molar refractivity (Wildman–Crippen MR) is 65.4 cm³/mol. The topological polar surface area (TPSA) is 28.2 Å². The minimum Gasteiger partial charge on any atom is -0.298 e. The molecule has 0 radical (unpaired) electrons. The van der Waals surface area contributed by atoms with Gasteiger partial charge in [0.25, 0.3) is 0 Å². The highest BCUT2D eigenvalue weighted by Crippen LogP contribution is 2.27. The van der Waals surface area contributed by atoms with Crippen LogP contribution in [0, 0.1) is 0 Å². The monoisotopic (exact) mass is 211 g/mol. The van der Waals surface area contributed by atoms with Crippen molar-refractivity contribution < 1.29 is 0 Å². The first-order valence-electron chi connectivity index (χ1n) is 5.45. The summed E-state index contributed by atoms with van der Waals surface area (Å²) in [6.07, 6.45) is 4.70. The van der Waals surface area contributed by atoms with Crippen LogP contribution in [0.4, 0.5) is 11.4 Å². The van der Waals surface area contributed by atoms with E-state index >= 15 is 0 Å². The van der Waals surface area contributed by atoms with Crippen molar-refractivity contribution in [3.8, 4) is 0 Å². The molecule has 0 aliphatic carbocycles. The molecule has 0 spiro atoms. The molecule has 0 amide bonds. The number of rotatable bonds is 2. The molecular weight excluding hydrogens is 198 g/mol. The Kier molecular flexibility index (Phi) is 2.22. The van der Waals surface area contributed by atoms with Crippen LogP contribution in [0.3, 0.4) is 0 Å². The fourth-order valence-electron chi connectivity index (χ4n) is 2.04. The maximum atomic E-state index is 4.01. The molecular formula is C13H13N3. The molecule has 16 heavy (non-hydrogen) atoms. The number of hydrogen-bond donors (Lipinski definition) is 1. The molecule has 1 aliphatic rings. The number of fused-ring (bicyclic) bond motifs is 1. The van der Waals surface area contributed by atoms with Crippen molar-refractivity contribution in [3.05, 3.63) is 54.4 Å². The van der Waals surface area contributed by atoms with Gasteiger partial charge in [0.1, 0.15) is 0 Å². The highest BCUT2D eigenvalue weighted by molar-refractivity contribution is 5.62. The number of benzene rings is 1. The third-order valence-electron chi connectivity index (χ3n) is 2.83. The van der Waals surface area contributed by atoms with E-state index in [4.69, 9.17) is 0 Å². The van der Waals surface area contributed by atoms with Gasteiger partial charge >= 0.3 is 0 Å². The zero-order chi connectivity index (χ0) is 10.8. The predicted octanol–water partition coefficient (Wildman–Crippen LogP) is 2.47. The summed E-state index contributed by atoms with van der Waals surface area (Å²) in [5, 5.41) is 2.19. The molecule has 0 fully saturated rings. The first-order valence-corrected chi connectivity index (χ1v) is 5.45. The third-order valence-corrected chi connectivity index (χ3v) is 2.83. The summed E-state index contributed by atoms with van der Waals surface area (Å²) in [5.74, 6) is 0. The maximum Gasteiger partial charge on any atom is 0.0604 e. The molecule has 1 aromatic heterocycles. The lowest BCUT2D eigenvalue weighted by molar-refractivity contribution is 0.939. The average molecular weight is 211 g/mol. The number of pyridine rings is 1. The Labute approximate surface area is 94.7 Å². The quantitative estimate of drug-likeness (QED) is 0.827. The van der Waals surface area contributed by atoms with E-state index < -0.39 is 0 Å². The summed E-state index contributed by atoms with van der Waals surface area (Å²) >= 11 is 0. The van der Waals surface area contributed by atoms with Gasteiger partial charge < -0.3 is 0 Å². The lowest BCUT2D eigenvalue weighted by atomic mass is 10.2.